The van der Waals surface area contributed by atoms with Crippen molar-refractivity contribution in [2.24, 2.45) is 5.92 Å². The SMILES string of the molecule is C[C@@H](Cc1ccc(B(O)O)cc1OCc1ccccc1)C(=O)O. The number of carboxylic acid groups (broad SMARTS) is 1. The molecule has 0 spiro atoms. The summed E-state index contributed by atoms with van der Waals surface area (Å²) in [5.74, 6) is -0.975. The van der Waals surface area contributed by atoms with Gasteiger partial charge in [-0.15, -0.1) is 0 Å². The fourth-order valence-electron chi connectivity index (χ4n) is 2.19. The van der Waals surface area contributed by atoms with Gasteiger partial charge in [-0.3, -0.25) is 4.79 Å². The smallest absolute Gasteiger partial charge is 0.488 e. The quantitative estimate of drug-likeness (QED) is 0.669. The van der Waals surface area contributed by atoms with E-state index in [2.05, 4.69) is 0 Å². The molecule has 2 aromatic rings. The Balaban J connectivity index is 2.21. The summed E-state index contributed by atoms with van der Waals surface area (Å²) in [7, 11) is -1.60. The second-order valence-corrected chi connectivity index (χ2v) is 5.46. The molecule has 0 radical (unpaired) electrons. The van der Waals surface area contributed by atoms with Crippen LogP contribution in [0.4, 0.5) is 0 Å². The van der Waals surface area contributed by atoms with Crippen molar-refractivity contribution in [2.45, 2.75) is 20.0 Å². The molecule has 120 valence electrons. The van der Waals surface area contributed by atoms with Gasteiger partial charge in [0, 0.05) is 0 Å². The molecule has 5 nitrogen and oxygen atoms in total. The van der Waals surface area contributed by atoms with Gasteiger partial charge in [-0.05, 0) is 29.1 Å². The maximum Gasteiger partial charge on any atom is 0.488 e. The molecule has 0 bridgehead atoms. The number of hydrogen-bond acceptors (Lipinski definition) is 4. The Hall–Kier alpha value is -2.31. The highest BCUT2D eigenvalue weighted by Gasteiger charge is 2.18. The van der Waals surface area contributed by atoms with E-state index < -0.39 is 19.0 Å². The molecule has 1 atom stereocenters. The van der Waals surface area contributed by atoms with Crippen molar-refractivity contribution in [3.05, 3.63) is 59.7 Å². The zero-order valence-electron chi connectivity index (χ0n) is 12.8. The Kier molecular flexibility index (Phi) is 5.79. The van der Waals surface area contributed by atoms with Gasteiger partial charge in [0.05, 0.1) is 5.92 Å². The third-order valence-electron chi connectivity index (χ3n) is 3.57. The first-order valence-corrected chi connectivity index (χ1v) is 7.36. The van der Waals surface area contributed by atoms with Gasteiger partial charge in [0.15, 0.2) is 0 Å². The molecule has 0 heterocycles. The zero-order valence-corrected chi connectivity index (χ0v) is 12.8. The van der Waals surface area contributed by atoms with E-state index in [0.717, 1.165) is 11.1 Å². The molecule has 0 fully saturated rings. The summed E-state index contributed by atoms with van der Waals surface area (Å²) in [6.45, 7) is 1.94. The highest BCUT2D eigenvalue weighted by molar-refractivity contribution is 6.58. The fourth-order valence-corrected chi connectivity index (χ4v) is 2.19. The maximum absolute atomic E-state index is 11.0. The number of carbonyl (C=O) groups is 1. The van der Waals surface area contributed by atoms with Gasteiger partial charge in [0.1, 0.15) is 12.4 Å². The minimum Gasteiger partial charge on any atom is -0.489 e. The minimum absolute atomic E-state index is 0.305. The van der Waals surface area contributed by atoms with E-state index in [-0.39, 0.29) is 0 Å². The predicted octanol–water partition coefficient (Wildman–Crippen LogP) is 1.21. The zero-order chi connectivity index (χ0) is 16.8. The van der Waals surface area contributed by atoms with E-state index in [1.165, 1.54) is 6.07 Å². The third-order valence-corrected chi connectivity index (χ3v) is 3.57. The van der Waals surface area contributed by atoms with Crippen LogP contribution in [-0.2, 0) is 17.8 Å². The lowest BCUT2D eigenvalue weighted by Crippen LogP contribution is -2.30. The summed E-state index contributed by atoms with van der Waals surface area (Å²) >= 11 is 0. The van der Waals surface area contributed by atoms with Crippen LogP contribution in [0.5, 0.6) is 5.75 Å². The van der Waals surface area contributed by atoms with Crippen LogP contribution in [0.2, 0.25) is 0 Å². The van der Waals surface area contributed by atoms with Gasteiger partial charge < -0.3 is 19.9 Å². The molecular weight excluding hydrogens is 295 g/mol. The molecule has 0 unspecified atom stereocenters. The van der Waals surface area contributed by atoms with Crippen molar-refractivity contribution < 1.29 is 24.7 Å². The monoisotopic (exact) mass is 314 g/mol. The summed E-state index contributed by atoms with van der Waals surface area (Å²) < 4.78 is 5.78. The Morgan fingerprint density at radius 2 is 1.87 bits per heavy atom. The summed E-state index contributed by atoms with van der Waals surface area (Å²) in [6.07, 6.45) is 0.307. The molecule has 0 saturated heterocycles. The van der Waals surface area contributed by atoms with Crippen LogP contribution in [0.3, 0.4) is 0 Å². The topological polar surface area (TPSA) is 87.0 Å². The molecule has 2 aromatic carbocycles. The highest BCUT2D eigenvalue weighted by Crippen LogP contribution is 2.22. The van der Waals surface area contributed by atoms with Crippen LogP contribution in [0.15, 0.2) is 48.5 Å². The van der Waals surface area contributed by atoms with E-state index in [9.17, 15) is 14.8 Å². The maximum atomic E-state index is 11.0. The standard InChI is InChI=1S/C17H19BO5/c1-12(17(19)20)9-14-7-8-15(18(21)22)10-16(14)23-11-13-5-3-2-4-6-13/h2-8,10,12,21-22H,9,11H2,1H3,(H,19,20)/t12-/m0/s1. The highest BCUT2D eigenvalue weighted by atomic mass is 16.5. The van der Waals surface area contributed by atoms with E-state index >= 15 is 0 Å². The number of benzene rings is 2. The second kappa shape index (κ2) is 7.81. The van der Waals surface area contributed by atoms with Gasteiger partial charge in [-0.25, -0.2) is 0 Å². The lowest BCUT2D eigenvalue weighted by Gasteiger charge is -2.15. The van der Waals surface area contributed by atoms with Gasteiger partial charge in [0.2, 0.25) is 0 Å². The first-order chi connectivity index (χ1) is 11.0. The molecule has 0 aliphatic heterocycles. The Morgan fingerprint density at radius 3 is 2.48 bits per heavy atom. The average Bonchev–Trinajstić information content (AvgIpc) is 2.54. The molecule has 23 heavy (non-hydrogen) atoms. The molecular formula is C17H19BO5. The van der Waals surface area contributed by atoms with Crippen LogP contribution in [0.1, 0.15) is 18.1 Å². The third kappa shape index (κ3) is 4.84. The van der Waals surface area contributed by atoms with Crippen LogP contribution in [0.25, 0.3) is 0 Å². The summed E-state index contributed by atoms with van der Waals surface area (Å²) in [5.41, 5.74) is 2.00. The lowest BCUT2D eigenvalue weighted by atomic mass is 9.79. The number of carboxylic acids is 1. The van der Waals surface area contributed by atoms with E-state index in [0.29, 0.717) is 24.2 Å². The van der Waals surface area contributed by atoms with Gasteiger partial charge >= 0.3 is 13.1 Å². The molecule has 0 amide bonds. The normalized spacial score (nSPS) is 11.8. The Labute approximate surface area is 135 Å². The molecule has 0 aromatic heterocycles. The van der Waals surface area contributed by atoms with Crippen molar-refractivity contribution in [3.8, 4) is 5.75 Å². The minimum atomic E-state index is -1.60. The largest absolute Gasteiger partial charge is 0.489 e. The lowest BCUT2D eigenvalue weighted by molar-refractivity contribution is -0.141. The van der Waals surface area contributed by atoms with Crippen molar-refractivity contribution >= 4 is 18.6 Å². The summed E-state index contributed by atoms with van der Waals surface area (Å²) in [5, 5.41) is 27.7. The van der Waals surface area contributed by atoms with Crippen LogP contribution in [0, 0.1) is 5.92 Å². The molecule has 2 rings (SSSR count). The fraction of sp³-hybridized carbons (Fsp3) is 0.235. The first kappa shape index (κ1) is 17.1. The van der Waals surface area contributed by atoms with Crippen molar-refractivity contribution in [3.63, 3.8) is 0 Å². The van der Waals surface area contributed by atoms with E-state index in [4.69, 9.17) is 9.84 Å². The van der Waals surface area contributed by atoms with Gasteiger partial charge in [-0.1, -0.05) is 49.4 Å². The predicted molar refractivity (Wildman–Crippen MR) is 87.5 cm³/mol. The summed E-state index contributed by atoms with van der Waals surface area (Å²) in [6, 6.07) is 14.3. The Bertz CT molecular complexity index is 657. The number of rotatable bonds is 7. The number of ether oxygens (including phenoxy) is 1. The number of hydrogen-bond donors (Lipinski definition) is 3. The van der Waals surface area contributed by atoms with Gasteiger partial charge in [0.25, 0.3) is 0 Å². The summed E-state index contributed by atoms with van der Waals surface area (Å²) in [4.78, 5) is 11.0. The molecule has 0 aliphatic carbocycles. The molecule has 6 heteroatoms. The first-order valence-electron chi connectivity index (χ1n) is 7.36. The van der Waals surface area contributed by atoms with Crippen LogP contribution in [-0.4, -0.2) is 28.2 Å². The van der Waals surface area contributed by atoms with E-state index in [1.54, 1.807) is 19.1 Å². The average molecular weight is 314 g/mol. The van der Waals surface area contributed by atoms with Gasteiger partial charge in [-0.2, -0.15) is 0 Å². The molecule has 0 saturated carbocycles. The number of aliphatic carboxylic acids is 1. The van der Waals surface area contributed by atoms with Crippen molar-refractivity contribution in [1.82, 2.24) is 0 Å². The van der Waals surface area contributed by atoms with Crippen molar-refractivity contribution in [1.29, 1.82) is 0 Å². The molecule has 3 N–H and O–H groups in total. The second-order valence-electron chi connectivity index (χ2n) is 5.46. The Morgan fingerprint density at radius 1 is 1.17 bits per heavy atom. The molecule has 0 aliphatic rings. The van der Waals surface area contributed by atoms with Crippen molar-refractivity contribution in [2.75, 3.05) is 0 Å². The van der Waals surface area contributed by atoms with E-state index in [1.807, 2.05) is 30.3 Å². The van der Waals surface area contributed by atoms with Crippen LogP contribution >= 0.6 is 0 Å². The van der Waals surface area contributed by atoms with Crippen LogP contribution < -0.4 is 10.2 Å².